The number of aromatic nitrogens is 3. The number of ether oxygens (including phenoxy) is 4. The number of nitrogens with zero attached hydrogens (tertiary/aromatic N) is 3. The Bertz CT molecular complexity index is 2340. The van der Waals surface area contributed by atoms with Crippen molar-refractivity contribution < 1.29 is 42.9 Å². The van der Waals surface area contributed by atoms with Gasteiger partial charge in [0.15, 0.2) is 0 Å². The fraction of sp³-hybridized carbons (Fsp3) is 0.396. The van der Waals surface area contributed by atoms with E-state index in [-0.39, 0.29) is 83.0 Å². The molecule has 0 bridgehead atoms. The monoisotopic (exact) mass is 946 g/mol. The maximum Gasteiger partial charge on any atom is 0.345 e. The van der Waals surface area contributed by atoms with Gasteiger partial charge >= 0.3 is 23.9 Å². The van der Waals surface area contributed by atoms with Crippen LogP contribution in [0.1, 0.15) is 111 Å². The van der Waals surface area contributed by atoms with Gasteiger partial charge in [-0.2, -0.15) is 15.0 Å². The number of nitrogens with one attached hydrogen (secondary N) is 4. The minimum Gasteiger partial charge on any atom is -0.461 e. The molecule has 4 rings (SSSR count). The summed E-state index contributed by atoms with van der Waals surface area (Å²) in [4.78, 5) is 79.1. The van der Waals surface area contributed by atoms with Crippen molar-refractivity contribution in [3.05, 3.63) is 113 Å². The van der Waals surface area contributed by atoms with Gasteiger partial charge in [-0.05, 0) is 100 Å². The van der Waals surface area contributed by atoms with E-state index >= 15 is 0 Å². The normalized spacial score (nSPS) is 11.6. The molecule has 1 aromatic heterocycles. The molecule has 4 N–H and O–H groups in total. The molecular weight excluding hydrogens is 879 g/mol. The molecule has 0 saturated carbocycles. The molecule has 0 aliphatic heterocycles. The van der Waals surface area contributed by atoms with Crippen LogP contribution in [0.2, 0.25) is 0 Å². The lowest BCUT2D eigenvalue weighted by atomic mass is 9.98. The highest BCUT2D eigenvalue weighted by Crippen LogP contribution is 2.25. The molecule has 3 aromatic carbocycles. The number of esters is 4. The van der Waals surface area contributed by atoms with Crippen molar-refractivity contribution in [1.29, 1.82) is 0 Å². The van der Waals surface area contributed by atoms with Crippen molar-refractivity contribution >= 4 is 76.8 Å². The average Bonchev–Trinajstić information content (AvgIpc) is 3.24. The van der Waals surface area contributed by atoms with Gasteiger partial charge in [-0.3, -0.25) is 4.79 Å². The van der Waals surface area contributed by atoms with Crippen LogP contribution in [-0.4, -0.2) is 71.2 Å². The second-order valence-corrected chi connectivity index (χ2v) is 21.4. The van der Waals surface area contributed by atoms with E-state index in [0.717, 1.165) is 0 Å². The van der Waals surface area contributed by atoms with Crippen LogP contribution in [0, 0.1) is 21.7 Å². The van der Waals surface area contributed by atoms with Gasteiger partial charge in [0.25, 0.3) is 5.91 Å². The van der Waals surface area contributed by atoms with Crippen LogP contribution in [0.5, 0.6) is 0 Å². The van der Waals surface area contributed by atoms with E-state index in [1.54, 1.807) is 79.7 Å². The first kappa shape index (κ1) is 54.2. The zero-order valence-corrected chi connectivity index (χ0v) is 42.1. The predicted octanol–water partition coefficient (Wildman–Crippen LogP) is 10.5. The van der Waals surface area contributed by atoms with Gasteiger partial charge < -0.3 is 40.2 Å². The Hall–Kier alpha value is -7.36. The maximum absolute atomic E-state index is 13.2. The van der Waals surface area contributed by atoms with Crippen molar-refractivity contribution in [3.8, 4) is 0 Å². The van der Waals surface area contributed by atoms with Gasteiger partial charge in [-0.25, -0.2) is 19.2 Å². The Morgan fingerprint density at radius 2 is 0.725 bits per heavy atom. The molecule has 0 unspecified atom stereocenters. The quantitative estimate of drug-likeness (QED) is 0.0240. The van der Waals surface area contributed by atoms with Crippen LogP contribution in [0.25, 0.3) is 12.2 Å². The number of benzene rings is 3. The number of amides is 1. The Balaban J connectivity index is 1.66. The molecule has 4 aromatic rings. The summed E-state index contributed by atoms with van der Waals surface area (Å²) < 4.78 is 22.0. The lowest BCUT2D eigenvalue weighted by Gasteiger charge is -2.20. The molecule has 0 spiro atoms. The van der Waals surface area contributed by atoms with E-state index in [4.69, 9.17) is 18.9 Å². The summed E-state index contributed by atoms with van der Waals surface area (Å²) in [6, 6.07) is 20.4. The zero-order valence-electron chi connectivity index (χ0n) is 42.1. The van der Waals surface area contributed by atoms with Crippen LogP contribution in [0.15, 0.2) is 96.2 Å². The van der Waals surface area contributed by atoms with Gasteiger partial charge in [0.2, 0.25) is 17.8 Å². The molecule has 0 radical (unpaired) electrons. The van der Waals surface area contributed by atoms with Crippen molar-refractivity contribution in [2.45, 2.75) is 90.0 Å². The second kappa shape index (κ2) is 23.1. The topological polar surface area (TPSA) is 209 Å². The molecule has 69 heavy (non-hydrogen) atoms. The summed E-state index contributed by atoms with van der Waals surface area (Å²) in [5.74, 6) is -3.03. The third-order valence-corrected chi connectivity index (χ3v) is 8.75. The molecule has 1 amide bonds. The second-order valence-electron chi connectivity index (χ2n) is 21.4. The predicted molar refractivity (Wildman–Crippen MR) is 269 cm³/mol. The molecule has 0 aliphatic carbocycles. The number of carbonyl (C=O) groups is 5. The summed E-state index contributed by atoms with van der Waals surface area (Å²) in [5, 5.41) is 12.2. The number of allylic oxidation sites excluding steroid dienone is 1. The Morgan fingerprint density at radius 3 is 0.971 bits per heavy atom. The summed E-state index contributed by atoms with van der Waals surface area (Å²) in [6.07, 6.45) is 2.86. The highest BCUT2D eigenvalue weighted by Gasteiger charge is 2.27. The minimum absolute atomic E-state index is 0.103. The molecule has 368 valence electrons. The van der Waals surface area contributed by atoms with Crippen LogP contribution in [-0.2, 0) is 38.1 Å². The van der Waals surface area contributed by atoms with E-state index in [9.17, 15) is 24.0 Å². The largest absolute Gasteiger partial charge is 0.461 e. The third kappa shape index (κ3) is 19.8. The molecule has 0 aliphatic rings. The number of hydrogen-bond acceptors (Lipinski definition) is 15. The number of rotatable bonds is 18. The maximum atomic E-state index is 13.2. The average molecular weight is 946 g/mol. The lowest BCUT2D eigenvalue weighted by molar-refractivity contribution is -0.151. The minimum atomic E-state index is -0.787. The first-order valence-corrected chi connectivity index (χ1v) is 22.5. The lowest BCUT2D eigenvalue weighted by Crippen LogP contribution is -2.25. The molecule has 0 fully saturated rings. The van der Waals surface area contributed by atoms with Gasteiger partial charge in [0, 0.05) is 28.3 Å². The SMILES string of the molecule is C=C(C)NC(=O)c1ccc(Nc2nc(Nc3ccc(C=C(C(=O)OCC(C)(C)C)C(=O)OCC(C)(C)C)cc3)nc(Nc3ccc(C=C(C(=O)OCC(C)(C)C)C(=O)OCC(C)(C)C)cc3)n2)cc1. The van der Waals surface area contributed by atoms with E-state index in [0.29, 0.717) is 39.4 Å². The highest BCUT2D eigenvalue weighted by atomic mass is 16.6. The van der Waals surface area contributed by atoms with Crippen molar-refractivity contribution in [1.82, 2.24) is 20.3 Å². The van der Waals surface area contributed by atoms with Crippen LogP contribution in [0.3, 0.4) is 0 Å². The van der Waals surface area contributed by atoms with Gasteiger partial charge in [0.05, 0.1) is 26.4 Å². The highest BCUT2D eigenvalue weighted by molar-refractivity contribution is 6.18. The summed E-state index contributed by atoms with van der Waals surface area (Å²) >= 11 is 0. The molecule has 16 nitrogen and oxygen atoms in total. The fourth-order valence-corrected chi connectivity index (χ4v) is 5.40. The van der Waals surface area contributed by atoms with E-state index in [1.165, 1.54) is 12.2 Å². The Labute approximate surface area is 405 Å². The summed E-state index contributed by atoms with van der Waals surface area (Å²) in [6.45, 7) is 28.9. The van der Waals surface area contributed by atoms with E-state index in [1.807, 2.05) is 83.1 Å². The van der Waals surface area contributed by atoms with Crippen molar-refractivity contribution in [2.75, 3.05) is 42.4 Å². The van der Waals surface area contributed by atoms with Crippen LogP contribution in [0.4, 0.5) is 34.9 Å². The Morgan fingerprint density at radius 1 is 0.464 bits per heavy atom. The first-order valence-electron chi connectivity index (χ1n) is 22.5. The van der Waals surface area contributed by atoms with Crippen LogP contribution >= 0.6 is 0 Å². The van der Waals surface area contributed by atoms with Gasteiger partial charge in [-0.15, -0.1) is 0 Å². The van der Waals surface area contributed by atoms with Crippen LogP contribution < -0.4 is 21.3 Å². The van der Waals surface area contributed by atoms with Crippen molar-refractivity contribution in [3.63, 3.8) is 0 Å². The zero-order chi connectivity index (χ0) is 51.3. The molecule has 0 atom stereocenters. The smallest absolute Gasteiger partial charge is 0.345 e. The van der Waals surface area contributed by atoms with Gasteiger partial charge in [-0.1, -0.05) is 114 Å². The van der Waals surface area contributed by atoms with Crippen molar-refractivity contribution in [2.24, 2.45) is 21.7 Å². The third-order valence-electron chi connectivity index (χ3n) is 8.75. The van der Waals surface area contributed by atoms with E-state index < -0.39 is 23.9 Å². The standard InChI is InChI=1S/C53H67N7O9/c1-33(2)54-42(61)36-19-25-39(26-20-36)57-49-59-47(55-37-21-15-34(16-22-37)27-40(43(62)66-29-50(3,4)5)44(63)67-30-51(6,7)8)58-48(60-49)56-38-23-17-35(18-24-38)28-41(45(64)68-31-52(9,10)11)46(65)69-32-53(12,13)14/h15-28H,1,29-32H2,2-14H3,(H,54,61)(H3,55,56,57,58,59,60). The summed E-state index contributed by atoms with van der Waals surface area (Å²) in [7, 11) is 0. The Kier molecular flexibility index (Phi) is 18.2. The first-order chi connectivity index (χ1) is 32.0. The number of anilines is 6. The number of carbonyl (C=O) groups excluding carboxylic acids is 5. The fourth-order valence-electron chi connectivity index (χ4n) is 5.40. The molecule has 16 heteroatoms. The van der Waals surface area contributed by atoms with E-state index in [2.05, 4.69) is 42.8 Å². The molecular formula is C53H67N7O9. The summed E-state index contributed by atoms with van der Waals surface area (Å²) in [5.41, 5.74) is 1.94. The molecule has 0 saturated heterocycles. The number of hydrogen-bond donors (Lipinski definition) is 4. The molecule has 1 heterocycles. The van der Waals surface area contributed by atoms with Gasteiger partial charge in [0.1, 0.15) is 11.1 Å².